The molecule has 0 saturated heterocycles. The monoisotopic (exact) mass is 379 g/mol. The fraction of sp³-hybridized carbons (Fsp3) is 0.278. The minimum Gasteiger partial charge on any atom is -0.497 e. The molecule has 0 radical (unpaired) electrons. The van der Waals surface area contributed by atoms with Gasteiger partial charge in [-0.15, -0.1) is 0 Å². The maximum Gasteiger partial charge on any atom is 0.338 e. The van der Waals surface area contributed by atoms with Gasteiger partial charge in [0.2, 0.25) is 10.0 Å². The van der Waals surface area contributed by atoms with Gasteiger partial charge in [-0.05, 0) is 42.5 Å². The van der Waals surface area contributed by atoms with Gasteiger partial charge in [0.25, 0.3) is 0 Å². The highest BCUT2D eigenvalue weighted by Gasteiger charge is 2.15. The van der Waals surface area contributed by atoms with Crippen LogP contribution in [0, 0.1) is 0 Å². The van der Waals surface area contributed by atoms with Gasteiger partial charge in [-0.1, -0.05) is 6.92 Å². The number of hydrogen-bond donors (Lipinski definition) is 1. The lowest BCUT2D eigenvalue weighted by molar-refractivity contribution is 0.0469. The first-order valence-electron chi connectivity index (χ1n) is 7.89. The summed E-state index contributed by atoms with van der Waals surface area (Å²) < 4.78 is 41.9. The van der Waals surface area contributed by atoms with Gasteiger partial charge in [0.05, 0.1) is 24.7 Å². The molecule has 140 valence electrons. The van der Waals surface area contributed by atoms with E-state index >= 15 is 0 Å². The van der Waals surface area contributed by atoms with Gasteiger partial charge in [0, 0.05) is 12.1 Å². The highest BCUT2D eigenvalue weighted by Crippen LogP contribution is 2.25. The third-order valence-electron chi connectivity index (χ3n) is 3.58. The number of esters is 1. The molecule has 0 unspecified atom stereocenters. The molecule has 1 N–H and O–H groups in total. The predicted octanol–water partition coefficient (Wildman–Crippen LogP) is 2.36. The number of hydrogen-bond acceptors (Lipinski definition) is 6. The largest absolute Gasteiger partial charge is 0.497 e. The van der Waals surface area contributed by atoms with E-state index in [1.54, 1.807) is 32.2 Å². The molecule has 0 saturated carbocycles. The van der Waals surface area contributed by atoms with Gasteiger partial charge in [-0.25, -0.2) is 17.9 Å². The first kappa shape index (κ1) is 19.7. The predicted molar refractivity (Wildman–Crippen MR) is 96.0 cm³/mol. The standard InChI is InChI=1S/C18H21NO6S/c1-4-19-26(21,22)16-8-5-13(6-9-16)18(20)25-12-14-11-15(23-2)7-10-17(14)24-3/h5-11,19H,4,12H2,1-3H3. The van der Waals surface area contributed by atoms with Gasteiger partial charge >= 0.3 is 5.97 Å². The van der Waals surface area contributed by atoms with Gasteiger partial charge in [0.15, 0.2) is 0 Å². The van der Waals surface area contributed by atoms with E-state index in [2.05, 4.69) is 4.72 Å². The van der Waals surface area contributed by atoms with Gasteiger partial charge in [-0.3, -0.25) is 0 Å². The number of sulfonamides is 1. The van der Waals surface area contributed by atoms with E-state index in [9.17, 15) is 13.2 Å². The van der Waals surface area contributed by atoms with Crippen molar-refractivity contribution in [2.75, 3.05) is 20.8 Å². The molecule has 0 atom stereocenters. The Morgan fingerprint density at radius 3 is 2.31 bits per heavy atom. The van der Waals surface area contributed by atoms with E-state index in [1.807, 2.05) is 0 Å². The molecule has 8 heteroatoms. The SMILES string of the molecule is CCNS(=O)(=O)c1ccc(C(=O)OCc2cc(OC)ccc2OC)cc1. The second-order valence-corrected chi connectivity index (χ2v) is 7.05. The van der Waals surface area contributed by atoms with Crippen LogP contribution in [0.4, 0.5) is 0 Å². The number of carbonyl (C=O) groups excluding carboxylic acids is 1. The summed E-state index contributed by atoms with van der Waals surface area (Å²) in [6.07, 6.45) is 0. The number of rotatable bonds is 8. The van der Waals surface area contributed by atoms with Crippen molar-refractivity contribution in [1.82, 2.24) is 4.72 Å². The fourth-order valence-electron chi connectivity index (χ4n) is 2.26. The van der Waals surface area contributed by atoms with E-state index in [0.29, 0.717) is 17.1 Å². The summed E-state index contributed by atoms with van der Waals surface area (Å²) >= 11 is 0. The molecule has 0 bridgehead atoms. The summed E-state index contributed by atoms with van der Waals surface area (Å²) in [6.45, 7) is 1.97. The van der Waals surface area contributed by atoms with E-state index < -0.39 is 16.0 Å². The Bertz CT molecular complexity index is 862. The molecule has 2 aromatic carbocycles. The molecule has 0 aromatic heterocycles. The number of carbonyl (C=O) groups is 1. The van der Waals surface area contributed by atoms with E-state index in [1.165, 1.54) is 31.4 Å². The first-order chi connectivity index (χ1) is 12.4. The van der Waals surface area contributed by atoms with E-state index in [-0.39, 0.29) is 23.6 Å². The second-order valence-electron chi connectivity index (χ2n) is 5.28. The lowest BCUT2D eigenvalue weighted by atomic mass is 10.2. The molecule has 0 heterocycles. The number of methoxy groups -OCH3 is 2. The van der Waals surface area contributed by atoms with Crippen LogP contribution in [0.5, 0.6) is 11.5 Å². The minimum absolute atomic E-state index is 0.00333. The van der Waals surface area contributed by atoms with Crippen molar-refractivity contribution in [2.24, 2.45) is 0 Å². The molecule has 0 fully saturated rings. The lowest BCUT2D eigenvalue weighted by Gasteiger charge is -2.11. The van der Waals surface area contributed by atoms with Crippen LogP contribution in [0.15, 0.2) is 47.4 Å². The van der Waals surface area contributed by atoms with Crippen molar-refractivity contribution in [3.63, 3.8) is 0 Å². The van der Waals surface area contributed by atoms with Crippen LogP contribution in [0.2, 0.25) is 0 Å². The molecule has 0 amide bonds. The van der Waals surface area contributed by atoms with Crippen LogP contribution in [-0.4, -0.2) is 35.2 Å². The van der Waals surface area contributed by atoms with Crippen LogP contribution in [0.3, 0.4) is 0 Å². The molecule has 26 heavy (non-hydrogen) atoms. The van der Waals surface area contributed by atoms with Crippen LogP contribution < -0.4 is 14.2 Å². The topological polar surface area (TPSA) is 90.9 Å². The molecule has 0 aliphatic heterocycles. The third-order valence-corrected chi connectivity index (χ3v) is 5.14. The van der Waals surface area contributed by atoms with Crippen molar-refractivity contribution in [2.45, 2.75) is 18.4 Å². The Labute approximate surface area is 152 Å². The highest BCUT2D eigenvalue weighted by atomic mass is 32.2. The Morgan fingerprint density at radius 2 is 1.73 bits per heavy atom. The van der Waals surface area contributed by atoms with Gasteiger partial charge in [-0.2, -0.15) is 0 Å². The molecule has 0 spiro atoms. The maximum absolute atomic E-state index is 12.2. The van der Waals surface area contributed by atoms with Crippen LogP contribution in [0.1, 0.15) is 22.8 Å². The highest BCUT2D eigenvalue weighted by molar-refractivity contribution is 7.89. The first-order valence-corrected chi connectivity index (χ1v) is 9.37. The van der Waals surface area contributed by atoms with Crippen molar-refractivity contribution >= 4 is 16.0 Å². The van der Waals surface area contributed by atoms with Crippen molar-refractivity contribution in [3.8, 4) is 11.5 Å². The Kier molecular flexibility index (Phi) is 6.59. The molecular formula is C18H21NO6S. The summed E-state index contributed by atoms with van der Waals surface area (Å²) in [7, 11) is -0.491. The van der Waals surface area contributed by atoms with Crippen molar-refractivity contribution < 1.29 is 27.4 Å². The molecule has 0 aliphatic rings. The number of nitrogens with one attached hydrogen (secondary N) is 1. The Morgan fingerprint density at radius 1 is 1.04 bits per heavy atom. The fourth-order valence-corrected chi connectivity index (χ4v) is 3.31. The van der Waals surface area contributed by atoms with Crippen molar-refractivity contribution in [1.29, 1.82) is 0 Å². The zero-order valence-corrected chi connectivity index (χ0v) is 15.6. The van der Waals surface area contributed by atoms with Gasteiger partial charge < -0.3 is 14.2 Å². The Hall–Kier alpha value is -2.58. The molecule has 7 nitrogen and oxygen atoms in total. The van der Waals surface area contributed by atoms with E-state index in [0.717, 1.165) is 0 Å². The van der Waals surface area contributed by atoms with Gasteiger partial charge in [0.1, 0.15) is 18.1 Å². The summed E-state index contributed by atoms with van der Waals surface area (Å²) in [5, 5.41) is 0. The second kappa shape index (κ2) is 8.68. The number of benzene rings is 2. The van der Waals surface area contributed by atoms with Crippen molar-refractivity contribution in [3.05, 3.63) is 53.6 Å². The normalized spacial score (nSPS) is 11.0. The van der Waals surface area contributed by atoms with Crippen LogP contribution in [0.25, 0.3) is 0 Å². The van der Waals surface area contributed by atoms with Crippen LogP contribution >= 0.6 is 0 Å². The third kappa shape index (κ3) is 4.74. The quantitative estimate of drug-likeness (QED) is 0.708. The zero-order valence-electron chi connectivity index (χ0n) is 14.8. The molecule has 2 aromatic rings. The minimum atomic E-state index is -3.56. The zero-order chi connectivity index (χ0) is 19.2. The summed E-state index contributed by atoms with van der Waals surface area (Å²) in [5.41, 5.74) is 0.911. The van der Waals surface area contributed by atoms with E-state index in [4.69, 9.17) is 14.2 Å². The molecule has 0 aliphatic carbocycles. The summed E-state index contributed by atoms with van der Waals surface area (Å²) in [5.74, 6) is 0.628. The average Bonchev–Trinajstić information content (AvgIpc) is 2.65. The summed E-state index contributed by atoms with van der Waals surface area (Å²) in [6, 6.07) is 10.7. The average molecular weight is 379 g/mol. The molecule has 2 rings (SSSR count). The molecular weight excluding hydrogens is 358 g/mol. The smallest absolute Gasteiger partial charge is 0.338 e. The lowest BCUT2D eigenvalue weighted by Crippen LogP contribution is -2.23. The Balaban J connectivity index is 2.09. The van der Waals surface area contributed by atoms with Crippen LogP contribution in [-0.2, 0) is 21.4 Å². The number of ether oxygens (including phenoxy) is 3. The maximum atomic E-state index is 12.2. The summed E-state index contributed by atoms with van der Waals surface area (Å²) in [4.78, 5) is 12.3.